The summed E-state index contributed by atoms with van der Waals surface area (Å²) in [5.41, 5.74) is 0. The van der Waals surface area contributed by atoms with Crippen LogP contribution in [0.1, 0.15) is 71.6 Å². The zero-order valence-corrected chi connectivity index (χ0v) is 13.3. The Morgan fingerprint density at radius 3 is 2.32 bits per heavy atom. The molecule has 112 valence electrons. The third-order valence-electron chi connectivity index (χ3n) is 5.67. The van der Waals surface area contributed by atoms with Crippen LogP contribution in [0.15, 0.2) is 0 Å². The van der Waals surface area contributed by atoms with Gasteiger partial charge in [0.1, 0.15) is 0 Å². The van der Waals surface area contributed by atoms with Crippen LogP contribution in [0.2, 0.25) is 0 Å². The molecular formula is C17H34N2. The average Bonchev–Trinajstić information content (AvgIpc) is 2.48. The smallest absolute Gasteiger partial charge is 0.00977 e. The van der Waals surface area contributed by atoms with Crippen molar-refractivity contribution in [2.75, 3.05) is 13.6 Å². The summed E-state index contributed by atoms with van der Waals surface area (Å²) in [5.74, 6) is 0.999. The molecule has 0 aromatic heterocycles. The molecule has 2 unspecified atom stereocenters. The predicted molar refractivity (Wildman–Crippen MR) is 83.5 cm³/mol. The van der Waals surface area contributed by atoms with Crippen molar-refractivity contribution in [2.24, 2.45) is 5.92 Å². The van der Waals surface area contributed by atoms with E-state index in [0.717, 1.165) is 30.6 Å². The lowest BCUT2D eigenvalue weighted by Gasteiger charge is -2.42. The summed E-state index contributed by atoms with van der Waals surface area (Å²) in [5, 5.41) is 3.62. The Balaban J connectivity index is 1.78. The van der Waals surface area contributed by atoms with Crippen molar-refractivity contribution in [3.63, 3.8) is 0 Å². The molecule has 0 heterocycles. The van der Waals surface area contributed by atoms with E-state index >= 15 is 0 Å². The minimum Gasteiger partial charge on any atom is -0.314 e. The minimum atomic E-state index is 0.796. The van der Waals surface area contributed by atoms with Crippen LogP contribution in [-0.4, -0.2) is 36.6 Å². The van der Waals surface area contributed by atoms with Gasteiger partial charge in [0, 0.05) is 18.1 Å². The van der Waals surface area contributed by atoms with Crippen LogP contribution >= 0.6 is 0 Å². The molecule has 2 heteroatoms. The van der Waals surface area contributed by atoms with Gasteiger partial charge in [0.15, 0.2) is 0 Å². The Hall–Kier alpha value is -0.0800. The Morgan fingerprint density at radius 2 is 1.68 bits per heavy atom. The van der Waals surface area contributed by atoms with Crippen LogP contribution in [0, 0.1) is 5.92 Å². The highest BCUT2D eigenvalue weighted by Gasteiger charge is 2.30. The van der Waals surface area contributed by atoms with E-state index in [-0.39, 0.29) is 0 Å². The second-order valence-electron chi connectivity index (χ2n) is 6.82. The third kappa shape index (κ3) is 4.19. The fraction of sp³-hybridized carbons (Fsp3) is 1.00. The first kappa shape index (κ1) is 15.3. The van der Waals surface area contributed by atoms with Crippen LogP contribution in [0.25, 0.3) is 0 Å². The highest BCUT2D eigenvalue weighted by molar-refractivity contribution is 4.86. The van der Waals surface area contributed by atoms with E-state index in [9.17, 15) is 0 Å². The van der Waals surface area contributed by atoms with Crippen LogP contribution < -0.4 is 5.32 Å². The van der Waals surface area contributed by atoms with Crippen molar-refractivity contribution in [3.05, 3.63) is 0 Å². The topological polar surface area (TPSA) is 15.3 Å². The van der Waals surface area contributed by atoms with Crippen LogP contribution in [0.4, 0.5) is 0 Å². The van der Waals surface area contributed by atoms with E-state index in [2.05, 4.69) is 31.1 Å². The molecular weight excluding hydrogens is 232 g/mol. The summed E-state index contributed by atoms with van der Waals surface area (Å²) < 4.78 is 0. The fourth-order valence-electron chi connectivity index (χ4n) is 4.28. The second-order valence-corrected chi connectivity index (χ2v) is 6.82. The molecule has 0 aliphatic heterocycles. The molecule has 0 amide bonds. The molecule has 2 nitrogen and oxygen atoms in total. The van der Waals surface area contributed by atoms with Gasteiger partial charge in [-0.25, -0.2) is 0 Å². The molecule has 1 N–H and O–H groups in total. The van der Waals surface area contributed by atoms with E-state index in [1.54, 1.807) is 0 Å². The van der Waals surface area contributed by atoms with Crippen molar-refractivity contribution < 1.29 is 0 Å². The number of rotatable bonds is 5. The van der Waals surface area contributed by atoms with Gasteiger partial charge in [-0.1, -0.05) is 33.1 Å². The summed E-state index contributed by atoms with van der Waals surface area (Å²) in [4.78, 5) is 2.75. The van der Waals surface area contributed by atoms with E-state index in [0.29, 0.717) is 0 Å². The maximum absolute atomic E-state index is 3.62. The van der Waals surface area contributed by atoms with Gasteiger partial charge < -0.3 is 10.2 Å². The van der Waals surface area contributed by atoms with E-state index in [4.69, 9.17) is 0 Å². The van der Waals surface area contributed by atoms with E-state index in [1.165, 1.54) is 57.8 Å². The van der Waals surface area contributed by atoms with Crippen molar-refractivity contribution >= 4 is 0 Å². The van der Waals surface area contributed by atoms with Gasteiger partial charge in [-0.15, -0.1) is 0 Å². The molecule has 2 aliphatic rings. The molecule has 0 spiro atoms. The van der Waals surface area contributed by atoms with Gasteiger partial charge in [0.05, 0.1) is 0 Å². The summed E-state index contributed by atoms with van der Waals surface area (Å²) >= 11 is 0. The molecule has 2 fully saturated rings. The van der Waals surface area contributed by atoms with E-state index < -0.39 is 0 Å². The Morgan fingerprint density at radius 1 is 0.947 bits per heavy atom. The van der Waals surface area contributed by atoms with Gasteiger partial charge >= 0.3 is 0 Å². The van der Waals surface area contributed by atoms with Crippen molar-refractivity contribution in [3.8, 4) is 0 Å². The first-order chi connectivity index (χ1) is 9.24. The predicted octanol–water partition coefficient (Wildman–Crippen LogP) is 3.81. The molecule has 19 heavy (non-hydrogen) atoms. The summed E-state index contributed by atoms with van der Waals surface area (Å²) in [6.07, 6.45) is 12.8. The molecule has 0 aromatic rings. The zero-order chi connectivity index (χ0) is 13.7. The molecule has 2 atom stereocenters. The summed E-state index contributed by atoms with van der Waals surface area (Å²) in [6.45, 7) is 5.73. The maximum Gasteiger partial charge on any atom is 0.00977 e. The largest absolute Gasteiger partial charge is 0.314 e. The molecule has 2 aliphatic carbocycles. The highest BCUT2D eigenvalue weighted by Crippen LogP contribution is 2.32. The fourth-order valence-corrected chi connectivity index (χ4v) is 4.28. The van der Waals surface area contributed by atoms with Gasteiger partial charge in [0.25, 0.3) is 0 Å². The highest BCUT2D eigenvalue weighted by atomic mass is 15.2. The Kier molecular flexibility index (Phi) is 6.15. The molecule has 0 aromatic carbocycles. The van der Waals surface area contributed by atoms with Gasteiger partial charge in [-0.3, -0.25) is 0 Å². The van der Waals surface area contributed by atoms with Gasteiger partial charge in [-0.05, 0) is 58.0 Å². The van der Waals surface area contributed by atoms with Gasteiger partial charge in [0.2, 0.25) is 0 Å². The Bertz CT molecular complexity index is 246. The van der Waals surface area contributed by atoms with Gasteiger partial charge in [-0.2, -0.15) is 0 Å². The summed E-state index contributed by atoms with van der Waals surface area (Å²) in [6, 6.07) is 2.53. The normalized spacial score (nSPS) is 36.6. The lowest BCUT2D eigenvalue weighted by atomic mass is 9.82. The zero-order valence-electron chi connectivity index (χ0n) is 13.3. The number of hydrogen-bond donors (Lipinski definition) is 1. The van der Waals surface area contributed by atoms with Crippen LogP contribution in [-0.2, 0) is 0 Å². The maximum atomic E-state index is 3.62. The van der Waals surface area contributed by atoms with E-state index in [1.807, 2.05) is 0 Å². The first-order valence-electron chi connectivity index (χ1n) is 8.69. The van der Waals surface area contributed by atoms with Crippen LogP contribution in [0.5, 0.6) is 0 Å². The van der Waals surface area contributed by atoms with Crippen molar-refractivity contribution in [1.29, 1.82) is 0 Å². The molecule has 0 bridgehead atoms. The monoisotopic (exact) mass is 266 g/mol. The average molecular weight is 266 g/mol. The van der Waals surface area contributed by atoms with Crippen molar-refractivity contribution in [1.82, 2.24) is 10.2 Å². The number of hydrogen-bond acceptors (Lipinski definition) is 2. The SMILES string of the molecule is CCNC1CCC(N(C)C2CCCC(CC)C2)CC1. The number of nitrogens with one attached hydrogen (secondary N) is 1. The first-order valence-corrected chi connectivity index (χ1v) is 8.69. The summed E-state index contributed by atoms with van der Waals surface area (Å²) in [7, 11) is 2.40. The third-order valence-corrected chi connectivity index (χ3v) is 5.67. The lowest BCUT2D eigenvalue weighted by molar-refractivity contribution is 0.0859. The standard InChI is InChI=1S/C17H34N2/c1-4-14-7-6-8-17(13-14)19(3)16-11-9-15(10-12-16)18-5-2/h14-18H,4-13H2,1-3H3. The minimum absolute atomic E-state index is 0.796. The van der Waals surface area contributed by atoms with Crippen LogP contribution in [0.3, 0.4) is 0 Å². The number of nitrogens with zero attached hydrogens (tertiary/aromatic N) is 1. The molecule has 2 rings (SSSR count). The molecule has 2 saturated carbocycles. The van der Waals surface area contributed by atoms with Crippen molar-refractivity contribution in [2.45, 2.75) is 89.8 Å². The molecule has 0 radical (unpaired) electrons. The quantitative estimate of drug-likeness (QED) is 0.814. The lowest BCUT2D eigenvalue weighted by Crippen LogP contribution is -2.46. The Labute approximate surface area is 120 Å². The molecule has 0 saturated heterocycles. The second kappa shape index (κ2) is 7.64.